The number of nitrogens with zero attached hydrogens (tertiary/aromatic N) is 2. The van der Waals surface area contributed by atoms with E-state index in [1.54, 1.807) is 37.5 Å². The van der Waals surface area contributed by atoms with Gasteiger partial charge in [0.15, 0.2) is 5.82 Å². The Labute approximate surface area is 115 Å². The van der Waals surface area contributed by atoms with Gasteiger partial charge in [-0.1, -0.05) is 30.3 Å². The van der Waals surface area contributed by atoms with Gasteiger partial charge < -0.3 is 15.0 Å². The molecular formula is C14H15N3O3. The number of carbonyl (C=O) groups is 1. The summed E-state index contributed by atoms with van der Waals surface area (Å²) < 4.78 is 1.38. The van der Waals surface area contributed by atoms with Crippen molar-refractivity contribution in [2.24, 2.45) is 7.05 Å². The van der Waals surface area contributed by atoms with Crippen LogP contribution in [0, 0.1) is 0 Å². The third-order valence-electron chi connectivity index (χ3n) is 2.99. The number of aryl methyl sites for hydroxylation is 1. The molecule has 2 aromatic rings. The molecule has 1 unspecified atom stereocenters. The van der Waals surface area contributed by atoms with E-state index in [1.807, 2.05) is 6.07 Å². The molecule has 1 heterocycles. The number of rotatable bonds is 5. The van der Waals surface area contributed by atoms with Gasteiger partial charge in [-0.15, -0.1) is 0 Å². The van der Waals surface area contributed by atoms with Crippen LogP contribution in [0.1, 0.15) is 11.5 Å². The zero-order valence-electron chi connectivity index (χ0n) is 11.0. The molecule has 2 N–H and O–H groups in total. The molecule has 104 valence electrons. The van der Waals surface area contributed by atoms with Crippen molar-refractivity contribution in [3.05, 3.63) is 58.6 Å². The van der Waals surface area contributed by atoms with Crippen molar-refractivity contribution < 1.29 is 9.90 Å². The average Bonchev–Trinajstić information content (AvgIpc) is 2.44. The lowest BCUT2D eigenvalue weighted by Crippen LogP contribution is -2.26. The molecule has 0 saturated heterocycles. The Morgan fingerprint density at radius 1 is 1.40 bits per heavy atom. The molecule has 1 atom stereocenters. The minimum Gasteiger partial charge on any atom is -0.481 e. The zero-order valence-corrected chi connectivity index (χ0v) is 11.0. The first kappa shape index (κ1) is 13.8. The Kier molecular flexibility index (Phi) is 4.14. The molecule has 6 nitrogen and oxygen atoms in total. The molecule has 6 heteroatoms. The lowest BCUT2D eigenvalue weighted by molar-refractivity contribution is -0.138. The van der Waals surface area contributed by atoms with Crippen LogP contribution in [0.5, 0.6) is 0 Å². The minimum absolute atomic E-state index is 0.103. The molecule has 1 aromatic carbocycles. The van der Waals surface area contributed by atoms with Crippen molar-refractivity contribution in [3.8, 4) is 0 Å². The quantitative estimate of drug-likeness (QED) is 0.851. The third kappa shape index (κ3) is 3.03. The molecule has 0 aliphatic heterocycles. The summed E-state index contributed by atoms with van der Waals surface area (Å²) in [4.78, 5) is 27.0. The number of anilines is 1. The largest absolute Gasteiger partial charge is 0.481 e. The van der Waals surface area contributed by atoms with E-state index in [9.17, 15) is 14.7 Å². The Hall–Kier alpha value is -2.63. The summed E-state index contributed by atoms with van der Waals surface area (Å²) >= 11 is 0. The van der Waals surface area contributed by atoms with Crippen LogP contribution >= 0.6 is 0 Å². The van der Waals surface area contributed by atoms with Crippen LogP contribution in [0.4, 0.5) is 5.82 Å². The number of hydrogen-bond acceptors (Lipinski definition) is 4. The van der Waals surface area contributed by atoms with Gasteiger partial charge in [-0.25, -0.2) is 4.98 Å². The van der Waals surface area contributed by atoms with Crippen LogP contribution in [0.3, 0.4) is 0 Å². The highest BCUT2D eigenvalue weighted by Gasteiger charge is 2.20. The molecule has 0 amide bonds. The first-order valence-corrected chi connectivity index (χ1v) is 6.13. The van der Waals surface area contributed by atoms with Crippen LogP contribution < -0.4 is 10.9 Å². The Bertz CT molecular complexity index is 652. The SMILES string of the molecule is Cn1ccnc(NCC(C(=O)O)c2ccccc2)c1=O. The van der Waals surface area contributed by atoms with E-state index in [2.05, 4.69) is 10.3 Å². The van der Waals surface area contributed by atoms with Gasteiger partial charge in [0.25, 0.3) is 5.56 Å². The van der Waals surface area contributed by atoms with E-state index in [0.29, 0.717) is 5.56 Å². The second kappa shape index (κ2) is 6.01. The predicted molar refractivity (Wildman–Crippen MR) is 74.8 cm³/mol. The van der Waals surface area contributed by atoms with Crippen LogP contribution in [0.15, 0.2) is 47.5 Å². The van der Waals surface area contributed by atoms with Crippen LogP contribution in [-0.2, 0) is 11.8 Å². The van der Waals surface area contributed by atoms with Gasteiger partial charge in [0.05, 0.1) is 5.92 Å². The summed E-state index contributed by atoms with van der Waals surface area (Å²) in [6, 6.07) is 8.88. The molecule has 2 rings (SSSR count). The second-order valence-corrected chi connectivity index (χ2v) is 4.37. The minimum atomic E-state index is -0.948. The fraction of sp³-hybridized carbons (Fsp3) is 0.214. The highest BCUT2D eigenvalue weighted by Crippen LogP contribution is 2.15. The summed E-state index contributed by atoms with van der Waals surface area (Å²) in [5, 5.41) is 12.1. The molecule has 0 aliphatic carbocycles. The lowest BCUT2D eigenvalue weighted by Gasteiger charge is -2.14. The maximum absolute atomic E-state index is 11.8. The highest BCUT2D eigenvalue weighted by molar-refractivity contribution is 5.76. The number of benzene rings is 1. The van der Waals surface area contributed by atoms with Crippen molar-refractivity contribution in [3.63, 3.8) is 0 Å². The van der Waals surface area contributed by atoms with Crippen LogP contribution in [-0.4, -0.2) is 27.2 Å². The number of nitrogens with one attached hydrogen (secondary N) is 1. The van der Waals surface area contributed by atoms with Crippen LogP contribution in [0.25, 0.3) is 0 Å². The van der Waals surface area contributed by atoms with Crippen molar-refractivity contribution in [2.45, 2.75) is 5.92 Å². The predicted octanol–water partition coefficient (Wildman–Crippen LogP) is 1.06. The van der Waals surface area contributed by atoms with E-state index in [-0.39, 0.29) is 17.9 Å². The van der Waals surface area contributed by atoms with Crippen molar-refractivity contribution in [1.82, 2.24) is 9.55 Å². The lowest BCUT2D eigenvalue weighted by atomic mass is 9.99. The Morgan fingerprint density at radius 2 is 2.10 bits per heavy atom. The van der Waals surface area contributed by atoms with Gasteiger partial charge in [-0.2, -0.15) is 0 Å². The zero-order chi connectivity index (χ0) is 14.5. The van der Waals surface area contributed by atoms with Gasteiger partial charge in [0, 0.05) is 26.0 Å². The molecule has 0 fully saturated rings. The monoisotopic (exact) mass is 273 g/mol. The first-order chi connectivity index (χ1) is 9.59. The van der Waals surface area contributed by atoms with Gasteiger partial charge in [-0.3, -0.25) is 9.59 Å². The Balaban J connectivity index is 2.17. The molecule has 20 heavy (non-hydrogen) atoms. The summed E-state index contributed by atoms with van der Waals surface area (Å²) in [6.07, 6.45) is 3.03. The van der Waals surface area contributed by atoms with E-state index >= 15 is 0 Å². The van der Waals surface area contributed by atoms with Gasteiger partial charge in [-0.05, 0) is 5.56 Å². The smallest absolute Gasteiger partial charge is 0.312 e. The molecule has 0 bridgehead atoms. The van der Waals surface area contributed by atoms with E-state index in [1.165, 1.54) is 10.8 Å². The first-order valence-electron chi connectivity index (χ1n) is 6.13. The average molecular weight is 273 g/mol. The van der Waals surface area contributed by atoms with E-state index in [4.69, 9.17) is 0 Å². The third-order valence-corrected chi connectivity index (χ3v) is 2.99. The maximum atomic E-state index is 11.8. The normalized spacial score (nSPS) is 11.8. The van der Waals surface area contributed by atoms with Gasteiger partial charge in [0.2, 0.25) is 0 Å². The van der Waals surface area contributed by atoms with Gasteiger partial charge in [0.1, 0.15) is 0 Å². The summed E-state index contributed by atoms with van der Waals surface area (Å²) in [5.41, 5.74) is 0.393. The summed E-state index contributed by atoms with van der Waals surface area (Å²) in [5.74, 6) is -1.53. The number of carboxylic acid groups (broad SMARTS) is 1. The molecule has 1 aromatic heterocycles. The second-order valence-electron chi connectivity index (χ2n) is 4.37. The van der Waals surface area contributed by atoms with Crippen molar-refractivity contribution in [2.75, 3.05) is 11.9 Å². The summed E-state index contributed by atoms with van der Waals surface area (Å²) in [7, 11) is 1.61. The van der Waals surface area contributed by atoms with Gasteiger partial charge >= 0.3 is 5.97 Å². The highest BCUT2D eigenvalue weighted by atomic mass is 16.4. The van der Waals surface area contributed by atoms with Crippen molar-refractivity contribution in [1.29, 1.82) is 0 Å². The molecule has 0 spiro atoms. The van der Waals surface area contributed by atoms with Crippen molar-refractivity contribution >= 4 is 11.8 Å². The molecule has 0 aliphatic rings. The number of carboxylic acids is 1. The molecular weight excluding hydrogens is 258 g/mol. The van der Waals surface area contributed by atoms with E-state index < -0.39 is 11.9 Å². The fourth-order valence-electron chi connectivity index (χ4n) is 1.85. The molecule has 0 radical (unpaired) electrons. The summed E-state index contributed by atoms with van der Waals surface area (Å²) in [6.45, 7) is 0.103. The fourth-order valence-corrected chi connectivity index (χ4v) is 1.85. The number of aromatic nitrogens is 2. The van der Waals surface area contributed by atoms with Crippen LogP contribution in [0.2, 0.25) is 0 Å². The number of hydrogen-bond donors (Lipinski definition) is 2. The van der Waals surface area contributed by atoms with E-state index in [0.717, 1.165) is 0 Å². The topological polar surface area (TPSA) is 84.2 Å². The Morgan fingerprint density at radius 3 is 2.75 bits per heavy atom. The standard InChI is InChI=1S/C14H15N3O3/c1-17-8-7-15-12(13(17)18)16-9-11(14(19)20)10-5-3-2-4-6-10/h2-8,11H,9H2,1H3,(H,15,16)(H,19,20). The maximum Gasteiger partial charge on any atom is 0.312 e. The molecule has 0 saturated carbocycles. The number of aliphatic carboxylic acids is 1.